The van der Waals surface area contributed by atoms with E-state index in [-0.39, 0.29) is 11.7 Å². The van der Waals surface area contributed by atoms with Crippen molar-refractivity contribution in [1.82, 2.24) is 0 Å². The second kappa shape index (κ2) is 8.02. The molecule has 0 spiro atoms. The van der Waals surface area contributed by atoms with Crippen LogP contribution in [0.1, 0.15) is 24.8 Å². The van der Waals surface area contributed by atoms with Gasteiger partial charge in [0.1, 0.15) is 0 Å². The molecule has 2 aromatic carbocycles. The van der Waals surface area contributed by atoms with Crippen LogP contribution in [0, 0.1) is 5.82 Å². The summed E-state index contributed by atoms with van der Waals surface area (Å²) in [5.41, 5.74) is 8.22. The summed E-state index contributed by atoms with van der Waals surface area (Å²) < 4.78 is 30.1. The van der Waals surface area contributed by atoms with Gasteiger partial charge in [0, 0.05) is 5.56 Å². The van der Waals surface area contributed by atoms with Crippen LogP contribution in [0.15, 0.2) is 30.3 Å². The Bertz CT molecular complexity index is 703. The van der Waals surface area contributed by atoms with E-state index in [2.05, 4.69) is 6.92 Å². The van der Waals surface area contributed by atoms with Crippen LogP contribution in [-0.4, -0.2) is 27.9 Å². The van der Waals surface area contributed by atoms with Gasteiger partial charge in [0.05, 0.1) is 21.3 Å². The maximum Gasteiger partial charge on any atom is 0.168 e. The van der Waals surface area contributed by atoms with Crippen molar-refractivity contribution in [3.63, 3.8) is 0 Å². The second-order valence-electron chi connectivity index (χ2n) is 5.63. The first kappa shape index (κ1) is 18.1. The van der Waals surface area contributed by atoms with Gasteiger partial charge in [-0.2, -0.15) is 0 Å². The van der Waals surface area contributed by atoms with E-state index in [0.29, 0.717) is 23.6 Å². The Morgan fingerprint density at radius 3 is 2.25 bits per heavy atom. The van der Waals surface area contributed by atoms with Gasteiger partial charge in [-0.25, -0.2) is 4.39 Å². The molecular weight excluding hydrogens is 309 g/mol. The van der Waals surface area contributed by atoms with Gasteiger partial charge in [-0.05, 0) is 54.3 Å². The number of halogens is 1. The third-order valence-corrected chi connectivity index (χ3v) is 4.13. The van der Waals surface area contributed by atoms with E-state index in [4.69, 9.17) is 19.9 Å². The number of benzene rings is 2. The van der Waals surface area contributed by atoms with Crippen LogP contribution in [0.3, 0.4) is 0 Å². The van der Waals surface area contributed by atoms with Crippen molar-refractivity contribution in [2.24, 2.45) is 5.73 Å². The molecule has 0 saturated carbocycles. The minimum atomic E-state index is -0.420. The van der Waals surface area contributed by atoms with Crippen molar-refractivity contribution in [3.8, 4) is 28.4 Å². The third kappa shape index (κ3) is 3.62. The van der Waals surface area contributed by atoms with Gasteiger partial charge in [0.25, 0.3) is 0 Å². The van der Waals surface area contributed by atoms with Gasteiger partial charge in [0.2, 0.25) is 0 Å². The Balaban J connectivity index is 2.61. The van der Waals surface area contributed by atoms with E-state index in [1.807, 2.05) is 12.1 Å². The summed E-state index contributed by atoms with van der Waals surface area (Å²) in [5, 5.41) is 0. The zero-order valence-corrected chi connectivity index (χ0v) is 14.6. The SMILES string of the molecule is COc1ccc(-c2cc(C(C)CCN)cc(OC)c2OC)cc1F. The van der Waals surface area contributed by atoms with E-state index >= 15 is 0 Å². The van der Waals surface area contributed by atoms with Crippen molar-refractivity contribution < 1.29 is 18.6 Å². The Kier molecular flexibility index (Phi) is 6.04. The molecule has 0 aliphatic carbocycles. The van der Waals surface area contributed by atoms with Crippen LogP contribution in [0.2, 0.25) is 0 Å². The van der Waals surface area contributed by atoms with E-state index < -0.39 is 5.82 Å². The average Bonchev–Trinajstić information content (AvgIpc) is 2.60. The Morgan fingerprint density at radius 2 is 1.71 bits per heavy atom. The minimum absolute atomic E-state index is 0.206. The lowest BCUT2D eigenvalue weighted by Gasteiger charge is -2.18. The molecule has 1 atom stereocenters. The van der Waals surface area contributed by atoms with Gasteiger partial charge in [-0.3, -0.25) is 0 Å². The number of hydrogen-bond acceptors (Lipinski definition) is 4. The monoisotopic (exact) mass is 333 g/mol. The molecule has 4 nitrogen and oxygen atoms in total. The highest BCUT2D eigenvalue weighted by Gasteiger charge is 2.18. The molecule has 0 aliphatic heterocycles. The Morgan fingerprint density at radius 1 is 1.00 bits per heavy atom. The van der Waals surface area contributed by atoms with Crippen LogP contribution in [0.5, 0.6) is 17.2 Å². The zero-order valence-electron chi connectivity index (χ0n) is 14.6. The molecule has 5 heteroatoms. The molecule has 0 heterocycles. The molecule has 0 bridgehead atoms. The van der Waals surface area contributed by atoms with Gasteiger partial charge >= 0.3 is 0 Å². The number of hydrogen-bond donors (Lipinski definition) is 1. The van der Waals surface area contributed by atoms with E-state index in [1.54, 1.807) is 26.4 Å². The van der Waals surface area contributed by atoms with E-state index in [0.717, 1.165) is 17.5 Å². The zero-order chi connectivity index (χ0) is 17.7. The first-order chi connectivity index (χ1) is 11.5. The van der Waals surface area contributed by atoms with Crippen molar-refractivity contribution >= 4 is 0 Å². The maximum atomic E-state index is 14.1. The van der Waals surface area contributed by atoms with Gasteiger partial charge in [-0.1, -0.05) is 13.0 Å². The highest BCUT2D eigenvalue weighted by Crippen LogP contribution is 2.42. The van der Waals surface area contributed by atoms with Gasteiger partial charge < -0.3 is 19.9 Å². The number of ether oxygens (including phenoxy) is 3. The van der Waals surface area contributed by atoms with Crippen molar-refractivity contribution in [2.75, 3.05) is 27.9 Å². The van der Waals surface area contributed by atoms with Gasteiger partial charge in [0.15, 0.2) is 23.1 Å². The van der Waals surface area contributed by atoms with E-state index in [1.165, 1.54) is 13.2 Å². The highest BCUT2D eigenvalue weighted by molar-refractivity contribution is 5.75. The standard InChI is InChI=1S/C19H24FNO3/c1-12(7-8-21)14-9-15(19(24-4)18(11-14)23-3)13-5-6-17(22-2)16(20)10-13/h5-6,9-12H,7-8,21H2,1-4H3. The molecule has 130 valence electrons. The quantitative estimate of drug-likeness (QED) is 0.833. The number of nitrogens with two attached hydrogens (primary N) is 1. The summed E-state index contributed by atoms with van der Waals surface area (Å²) >= 11 is 0. The molecule has 2 aromatic rings. The molecule has 0 radical (unpaired) electrons. The fourth-order valence-corrected chi connectivity index (χ4v) is 2.74. The summed E-state index contributed by atoms with van der Waals surface area (Å²) in [6, 6.07) is 8.79. The topological polar surface area (TPSA) is 53.7 Å². The largest absolute Gasteiger partial charge is 0.494 e. The predicted octanol–water partition coefficient (Wildman–Crippen LogP) is 3.97. The number of methoxy groups -OCH3 is 3. The summed E-state index contributed by atoms with van der Waals surface area (Å²) in [6.45, 7) is 2.70. The molecule has 0 amide bonds. The average molecular weight is 333 g/mol. The molecule has 2 rings (SSSR count). The lowest BCUT2D eigenvalue weighted by molar-refractivity contribution is 0.355. The molecule has 0 fully saturated rings. The summed E-state index contributed by atoms with van der Waals surface area (Å²) in [7, 11) is 4.61. The van der Waals surface area contributed by atoms with Crippen LogP contribution >= 0.6 is 0 Å². The third-order valence-electron chi connectivity index (χ3n) is 4.13. The molecule has 1 unspecified atom stereocenters. The normalized spacial score (nSPS) is 11.9. The maximum absolute atomic E-state index is 14.1. The molecule has 0 saturated heterocycles. The molecule has 2 N–H and O–H groups in total. The van der Waals surface area contributed by atoms with E-state index in [9.17, 15) is 4.39 Å². The van der Waals surface area contributed by atoms with Crippen LogP contribution in [-0.2, 0) is 0 Å². The Hall–Kier alpha value is -2.27. The van der Waals surface area contributed by atoms with Crippen molar-refractivity contribution in [1.29, 1.82) is 0 Å². The summed E-state index contributed by atoms with van der Waals surface area (Å²) in [5.74, 6) is 1.24. The highest BCUT2D eigenvalue weighted by atomic mass is 19.1. The van der Waals surface area contributed by atoms with Crippen molar-refractivity contribution in [2.45, 2.75) is 19.3 Å². The molecule has 0 aromatic heterocycles. The first-order valence-corrected chi connectivity index (χ1v) is 7.85. The number of rotatable bonds is 7. The first-order valence-electron chi connectivity index (χ1n) is 7.85. The molecule has 0 aliphatic rings. The summed E-state index contributed by atoms with van der Waals surface area (Å²) in [4.78, 5) is 0. The Labute approximate surface area is 142 Å². The molecule has 24 heavy (non-hydrogen) atoms. The van der Waals surface area contributed by atoms with Crippen molar-refractivity contribution in [3.05, 3.63) is 41.7 Å². The fourth-order valence-electron chi connectivity index (χ4n) is 2.74. The second-order valence-corrected chi connectivity index (χ2v) is 5.63. The lowest BCUT2D eigenvalue weighted by atomic mass is 9.93. The van der Waals surface area contributed by atoms with Gasteiger partial charge in [-0.15, -0.1) is 0 Å². The summed E-state index contributed by atoms with van der Waals surface area (Å²) in [6.07, 6.45) is 0.853. The predicted molar refractivity (Wildman–Crippen MR) is 93.6 cm³/mol. The van der Waals surface area contributed by atoms with Crippen LogP contribution < -0.4 is 19.9 Å². The smallest absolute Gasteiger partial charge is 0.168 e. The van der Waals surface area contributed by atoms with Crippen LogP contribution in [0.4, 0.5) is 4.39 Å². The minimum Gasteiger partial charge on any atom is -0.494 e. The lowest BCUT2D eigenvalue weighted by Crippen LogP contribution is -2.05. The van der Waals surface area contributed by atoms with Crippen LogP contribution in [0.25, 0.3) is 11.1 Å². The fraction of sp³-hybridized carbons (Fsp3) is 0.368. The molecular formula is C19H24FNO3.